The SMILES string of the molecule is Cc1c(C(=O)Nc2nc(CN3CCCC(C)C3)cs2)oc2c(Cl)cccc12. The van der Waals surface area contributed by atoms with Crippen LogP contribution in [0.25, 0.3) is 11.0 Å². The van der Waals surface area contributed by atoms with Crippen LogP contribution in [0.4, 0.5) is 5.13 Å². The number of benzene rings is 1. The fraction of sp³-hybridized carbons (Fsp3) is 0.400. The lowest BCUT2D eigenvalue weighted by atomic mass is 10.0. The summed E-state index contributed by atoms with van der Waals surface area (Å²) in [4.78, 5) is 19.7. The van der Waals surface area contributed by atoms with Gasteiger partial charge in [0.2, 0.25) is 0 Å². The van der Waals surface area contributed by atoms with E-state index in [0.29, 0.717) is 15.7 Å². The number of furan rings is 1. The number of piperidine rings is 1. The molecule has 27 heavy (non-hydrogen) atoms. The van der Waals surface area contributed by atoms with Crippen LogP contribution in [0.3, 0.4) is 0 Å². The van der Waals surface area contributed by atoms with Crippen molar-refractivity contribution in [3.63, 3.8) is 0 Å². The molecule has 4 rings (SSSR count). The average Bonchev–Trinajstić information content (AvgIpc) is 3.20. The van der Waals surface area contributed by atoms with Gasteiger partial charge in [-0.1, -0.05) is 30.7 Å². The smallest absolute Gasteiger partial charge is 0.293 e. The number of nitrogens with zero attached hydrogens (tertiary/aromatic N) is 2. The average molecular weight is 404 g/mol. The minimum atomic E-state index is -0.299. The number of hydrogen-bond donors (Lipinski definition) is 1. The molecule has 5 nitrogen and oxygen atoms in total. The minimum absolute atomic E-state index is 0.278. The van der Waals surface area contributed by atoms with Crippen LogP contribution in [0.5, 0.6) is 0 Å². The predicted molar refractivity (Wildman–Crippen MR) is 110 cm³/mol. The predicted octanol–water partition coefficient (Wildman–Crippen LogP) is 5.34. The van der Waals surface area contributed by atoms with E-state index in [0.717, 1.165) is 42.2 Å². The minimum Gasteiger partial charge on any atom is -0.449 e. The third-order valence-electron chi connectivity index (χ3n) is 5.02. The molecule has 3 heterocycles. The van der Waals surface area contributed by atoms with Crippen molar-refractivity contribution in [1.29, 1.82) is 0 Å². The van der Waals surface area contributed by atoms with Gasteiger partial charge in [-0.25, -0.2) is 4.98 Å². The second-order valence-electron chi connectivity index (χ2n) is 7.25. The zero-order valence-electron chi connectivity index (χ0n) is 15.4. The van der Waals surface area contributed by atoms with E-state index in [1.807, 2.05) is 24.4 Å². The lowest BCUT2D eigenvalue weighted by Gasteiger charge is -2.30. The molecule has 142 valence electrons. The second-order valence-corrected chi connectivity index (χ2v) is 8.52. The summed E-state index contributed by atoms with van der Waals surface area (Å²) >= 11 is 7.61. The number of aryl methyl sites for hydroxylation is 1. The number of thiazole rings is 1. The third-order valence-corrected chi connectivity index (χ3v) is 6.13. The number of rotatable bonds is 4. The highest BCUT2D eigenvalue weighted by molar-refractivity contribution is 7.14. The summed E-state index contributed by atoms with van der Waals surface area (Å²) in [5, 5.41) is 6.81. The zero-order chi connectivity index (χ0) is 19.0. The van der Waals surface area contributed by atoms with Crippen molar-refractivity contribution in [3.8, 4) is 0 Å². The van der Waals surface area contributed by atoms with E-state index in [2.05, 4.69) is 22.1 Å². The number of anilines is 1. The summed E-state index contributed by atoms with van der Waals surface area (Å²) in [6, 6.07) is 5.50. The van der Waals surface area contributed by atoms with Crippen LogP contribution in [0, 0.1) is 12.8 Å². The number of para-hydroxylation sites is 1. The largest absolute Gasteiger partial charge is 0.449 e. The van der Waals surface area contributed by atoms with Crippen LogP contribution in [0.2, 0.25) is 5.02 Å². The Morgan fingerprint density at radius 2 is 2.33 bits per heavy atom. The number of carbonyl (C=O) groups excluding carboxylic acids is 1. The molecule has 3 aromatic rings. The number of fused-ring (bicyclic) bond motifs is 1. The number of carbonyl (C=O) groups is 1. The van der Waals surface area contributed by atoms with Crippen molar-refractivity contribution >= 4 is 44.9 Å². The normalized spacial score (nSPS) is 18.1. The molecule has 0 spiro atoms. The number of amides is 1. The van der Waals surface area contributed by atoms with Gasteiger partial charge in [-0.3, -0.25) is 15.0 Å². The standard InChI is InChI=1S/C20H22ClN3O2S/c1-12-5-4-8-24(9-12)10-14-11-27-20(22-14)23-19(25)17-13(2)15-6-3-7-16(21)18(15)26-17/h3,6-7,11-12H,4-5,8-10H2,1-2H3,(H,22,23,25). The summed E-state index contributed by atoms with van der Waals surface area (Å²) in [7, 11) is 0. The highest BCUT2D eigenvalue weighted by Gasteiger charge is 2.21. The van der Waals surface area contributed by atoms with Gasteiger partial charge in [0.05, 0.1) is 10.7 Å². The summed E-state index contributed by atoms with van der Waals surface area (Å²) in [6.07, 6.45) is 2.54. The van der Waals surface area contributed by atoms with Crippen molar-refractivity contribution in [3.05, 3.63) is 45.6 Å². The molecular formula is C20H22ClN3O2S. The van der Waals surface area contributed by atoms with E-state index in [1.54, 1.807) is 6.07 Å². The first-order valence-corrected chi connectivity index (χ1v) is 10.4. The molecule has 1 fully saturated rings. The molecule has 0 bridgehead atoms. The number of aromatic nitrogens is 1. The highest BCUT2D eigenvalue weighted by atomic mass is 35.5. The van der Waals surface area contributed by atoms with Gasteiger partial charge in [0.25, 0.3) is 5.91 Å². The van der Waals surface area contributed by atoms with Gasteiger partial charge < -0.3 is 4.42 Å². The quantitative estimate of drug-likeness (QED) is 0.639. The van der Waals surface area contributed by atoms with E-state index >= 15 is 0 Å². The van der Waals surface area contributed by atoms with E-state index in [-0.39, 0.29) is 11.7 Å². The van der Waals surface area contributed by atoms with Gasteiger partial charge in [0.15, 0.2) is 16.5 Å². The maximum atomic E-state index is 12.7. The topological polar surface area (TPSA) is 58.4 Å². The molecule has 1 amide bonds. The monoisotopic (exact) mass is 403 g/mol. The summed E-state index contributed by atoms with van der Waals surface area (Å²) < 4.78 is 5.73. The lowest BCUT2D eigenvalue weighted by molar-refractivity contribution is 0.0998. The second kappa shape index (κ2) is 7.62. The highest BCUT2D eigenvalue weighted by Crippen LogP contribution is 2.31. The number of hydrogen-bond acceptors (Lipinski definition) is 5. The van der Waals surface area contributed by atoms with Crippen molar-refractivity contribution < 1.29 is 9.21 Å². The van der Waals surface area contributed by atoms with Crippen molar-refractivity contribution in [2.75, 3.05) is 18.4 Å². The van der Waals surface area contributed by atoms with Gasteiger partial charge in [0, 0.05) is 29.4 Å². The Kier molecular flexibility index (Phi) is 5.21. The number of nitrogens with one attached hydrogen (secondary N) is 1. The van der Waals surface area contributed by atoms with Crippen LogP contribution in [0.15, 0.2) is 28.0 Å². The first kappa shape index (κ1) is 18.5. The molecule has 0 saturated carbocycles. The van der Waals surface area contributed by atoms with E-state index in [9.17, 15) is 4.79 Å². The Hall–Kier alpha value is -1.89. The molecule has 1 atom stereocenters. The molecule has 0 radical (unpaired) electrons. The number of likely N-dealkylation sites (tertiary alicyclic amines) is 1. The van der Waals surface area contributed by atoms with Gasteiger partial charge in [-0.15, -0.1) is 11.3 Å². The molecule has 7 heteroatoms. The Labute approximate surface area is 167 Å². The molecule has 1 aliphatic rings. The molecule has 1 N–H and O–H groups in total. The maximum Gasteiger partial charge on any atom is 0.293 e. The molecule has 1 aliphatic heterocycles. The van der Waals surface area contributed by atoms with Gasteiger partial charge >= 0.3 is 0 Å². The summed E-state index contributed by atoms with van der Waals surface area (Å²) in [5.41, 5.74) is 2.32. The Morgan fingerprint density at radius 3 is 3.11 bits per heavy atom. The molecule has 1 unspecified atom stereocenters. The van der Waals surface area contributed by atoms with Crippen molar-refractivity contribution in [2.24, 2.45) is 5.92 Å². The zero-order valence-corrected chi connectivity index (χ0v) is 17.0. The van der Waals surface area contributed by atoms with E-state index < -0.39 is 0 Å². The van der Waals surface area contributed by atoms with Gasteiger partial charge in [-0.05, 0) is 38.3 Å². The number of halogens is 1. The lowest BCUT2D eigenvalue weighted by Crippen LogP contribution is -2.33. The Morgan fingerprint density at radius 1 is 1.48 bits per heavy atom. The molecule has 1 saturated heterocycles. The maximum absolute atomic E-state index is 12.7. The van der Waals surface area contributed by atoms with Crippen LogP contribution < -0.4 is 5.32 Å². The molecule has 1 aromatic carbocycles. The van der Waals surface area contributed by atoms with E-state index in [4.69, 9.17) is 16.0 Å². The molecular weight excluding hydrogens is 382 g/mol. The van der Waals surface area contributed by atoms with Crippen LogP contribution in [-0.4, -0.2) is 28.9 Å². The first-order chi connectivity index (χ1) is 13.0. The first-order valence-electron chi connectivity index (χ1n) is 9.17. The molecule has 2 aromatic heterocycles. The fourth-order valence-corrected chi connectivity index (χ4v) is 4.59. The molecule has 0 aliphatic carbocycles. The summed E-state index contributed by atoms with van der Waals surface area (Å²) in [5.74, 6) is 0.714. The summed E-state index contributed by atoms with van der Waals surface area (Å²) in [6.45, 7) is 7.21. The van der Waals surface area contributed by atoms with E-state index in [1.165, 1.54) is 24.2 Å². The van der Waals surface area contributed by atoms with Crippen LogP contribution in [-0.2, 0) is 6.54 Å². The fourth-order valence-electron chi connectivity index (χ4n) is 3.68. The van der Waals surface area contributed by atoms with Crippen molar-refractivity contribution in [2.45, 2.75) is 33.2 Å². The van der Waals surface area contributed by atoms with Crippen molar-refractivity contribution in [1.82, 2.24) is 9.88 Å². The Bertz CT molecular complexity index is 981. The van der Waals surface area contributed by atoms with Gasteiger partial charge in [0.1, 0.15) is 0 Å². The van der Waals surface area contributed by atoms with Gasteiger partial charge in [-0.2, -0.15) is 0 Å². The van der Waals surface area contributed by atoms with Crippen LogP contribution >= 0.6 is 22.9 Å². The van der Waals surface area contributed by atoms with Crippen LogP contribution in [0.1, 0.15) is 41.6 Å². The Balaban J connectivity index is 1.47. The third kappa shape index (κ3) is 3.88.